The van der Waals surface area contributed by atoms with E-state index in [4.69, 9.17) is 5.11 Å². The van der Waals surface area contributed by atoms with Crippen molar-refractivity contribution in [1.29, 1.82) is 0 Å². The Balaban J connectivity index is 2.55. The standard InChI is InChI=1S/C8H8N2O2S/c1-4-5-2-13-3-6(5)10-7(9-4)8(11)12/h2-3H2,1H3,(H,11,12). The van der Waals surface area contributed by atoms with Crippen molar-refractivity contribution < 1.29 is 9.90 Å². The Morgan fingerprint density at radius 3 is 2.92 bits per heavy atom. The topological polar surface area (TPSA) is 63.1 Å². The van der Waals surface area contributed by atoms with Crippen molar-refractivity contribution in [2.75, 3.05) is 0 Å². The van der Waals surface area contributed by atoms with E-state index in [0.29, 0.717) is 0 Å². The Kier molecular flexibility index (Phi) is 1.95. The molecule has 0 spiro atoms. The number of carboxylic acids is 1. The van der Waals surface area contributed by atoms with Crippen LogP contribution < -0.4 is 0 Å². The van der Waals surface area contributed by atoms with Gasteiger partial charge in [-0.1, -0.05) is 0 Å². The first-order valence-corrected chi connectivity index (χ1v) is 5.01. The van der Waals surface area contributed by atoms with E-state index in [1.54, 1.807) is 11.8 Å². The third-order valence-electron chi connectivity index (χ3n) is 1.98. The summed E-state index contributed by atoms with van der Waals surface area (Å²) in [6.07, 6.45) is 0. The van der Waals surface area contributed by atoms with E-state index < -0.39 is 5.97 Å². The predicted molar refractivity (Wildman–Crippen MR) is 48.7 cm³/mol. The Bertz CT molecular complexity index is 379. The fraction of sp³-hybridized carbons (Fsp3) is 0.375. The fourth-order valence-corrected chi connectivity index (χ4v) is 2.42. The second-order valence-electron chi connectivity index (χ2n) is 2.86. The number of fused-ring (bicyclic) bond motifs is 1. The third kappa shape index (κ3) is 1.39. The number of aromatic carboxylic acids is 1. The molecule has 0 unspecified atom stereocenters. The average Bonchev–Trinajstić information content (AvgIpc) is 2.51. The van der Waals surface area contributed by atoms with Crippen LogP contribution in [0.1, 0.15) is 27.6 Å². The molecule has 1 aliphatic heterocycles. The quantitative estimate of drug-likeness (QED) is 0.731. The SMILES string of the molecule is Cc1nc(C(=O)O)nc2c1CSC2. The second-order valence-corrected chi connectivity index (χ2v) is 3.84. The number of hydrogen-bond acceptors (Lipinski definition) is 4. The molecule has 13 heavy (non-hydrogen) atoms. The van der Waals surface area contributed by atoms with Crippen LogP contribution in [0.4, 0.5) is 0 Å². The lowest BCUT2D eigenvalue weighted by Crippen LogP contribution is -2.08. The summed E-state index contributed by atoms with van der Waals surface area (Å²) in [5.74, 6) is 0.571. The molecular formula is C8H8N2O2S. The summed E-state index contributed by atoms with van der Waals surface area (Å²) in [5, 5.41) is 8.71. The molecular weight excluding hydrogens is 188 g/mol. The molecule has 0 amide bonds. The highest BCUT2D eigenvalue weighted by Crippen LogP contribution is 2.29. The summed E-state index contributed by atoms with van der Waals surface area (Å²) < 4.78 is 0. The van der Waals surface area contributed by atoms with Crippen molar-refractivity contribution >= 4 is 17.7 Å². The van der Waals surface area contributed by atoms with Gasteiger partial charge in [-0.25, -0.2) is 14.8 Å². The highest BCUT2D eigenvalue weighted by molar-refractivity contribution is 7.98. The van der Waals surface area contributed by atoms with Gasteiger partial charge in [0.25, 0.3) is 0 Å². The normalized spacial score (nSPS) is 14.2. The van der Waals surface area contributed by atoms with E-state index in [1.165, 1.54) is 0 Å². The molecule has 0 radical (unpaired) electrons. The maximum atomic E-state index is 10.6. The van der Waals surface area contributed by atoms with Gasteiger partial charge in [0.15, 0.2) is 0 Å². The molecule has 0 bridgehead atoms. The average molecular weight is 196 g/mol. The molecule has 68 valence electrons. The van der Waals surface area contributed by atoms with Gasteiger partial charge in [-0.05, 0) is 6.92 Å². The summed E-state index contributed by atoms with van der Waals surface area (Å²) >= 11 is 1.74. The first-order chi connectivity index (χ1) is 6.18. The minimum absolute atomic E-state index is 0.0845. The zero-order valence-corrected chi connectivity index (χ0v) is 7.89. The number of carboxylic acid groups (broad SMARTS) is 1. The van der Waals surface area contributed by atoms with Crippen LogP contribution in [0, 0.1) is 6.92 Å². The van der Waals surface area contributed by atoms with Crippen molar-refractivity contribution in [2.45, 2.75) is 18.4 Å². The zero-order valence-electron chi connectivity index (χ0n) is 7.07. The summed E-state index contributed by atoms with van der Waals surface area (Å²) in [6.45, 7) is 1.83. The Labute approximate surface area is 79.4 Å². The van der Waals surface area contributed by atoms with Crippen LogP contribution in [0.15, 0.2) is 0 Å². The number of hydrogen-bond donors (Lipinski definition) is 1. The van der Waals surface area contributed by atoms with Gasteiger partial charge in [0.1, 0.15) is 0 Å². The van der Waals surface area contributed by atoms with E-state index in [1.807, 2.05) is 6.92 Å². The summed E-state index contributed by atoms with van der Waals surface area (Å²) in [7, 11) is 0. The number of nitrogens with zero attached hydrogens (tertiary/aromatic N) is 2. The van der Waals surface area contributed by atoms with E-state index in [2.05, 4.69) is 9.97 Å². The second kappa shape index (κ2) is 2.99. The Hall–Kier alpha value is -1.10. The molecule has 2 heterocycles. The van der Waals surface area contributed by atoms with Gasteiger partial charge < -0.3 is 5.11 Å². The van der Waals surface area contributed by atoms with E-state index in [9.17, 15) is 4.79 Å². The minimum Gasteiger partial charge on any atom is -0.475 e. The molecule has 0 atom stereocenters. The first-order valence-electron chi connectivity index (χ1n) is 3.86. The smallest absolute Gasteiger partial charge is 0.373 e. The van der Waals surface area contributed by atoms with Crippen molar-refractivity contribution in [3.63, 3.8) is 0 Å². The number of aryl methyl sites for hydroxylation is 1. The molecule has 4 nitrogen and oxygen atoms in total. The summed E-state index contributed by atoms with van der Waals surface area (Å²) in [4.78, 5) is 18.5. The van der Waals surface area contributed by atoms with Crippen LogP contribution in [0.3, 0.4) is 0 Å². The van der Waals surface area contributed by atoms with Crippen LogP contribution in [0.5, 0.6) is 0 Å². The van der Waals surface area contributed by atoms with Gasteiger partial charge >= 0.3 is 5.97 Å². The van der Waals surface area contributed by atoms with Crippen LogP contribution in [0.25, 0.3) is 0 Å². The maximum absolute atomic E-state index is 10.6. The Morgan fingerprint density at radius 1 is 1.46 bits per heavy atom. The first kappa shape index (κ1) is 8.50. The number of thioether (sulfide) groups is 1. The predicted octanol–water partition coefficient (Wildman–Crippen LogP) is 1.23. The van der Waals surface area contributed by atoms with Crippen molar-refractivity contribution in [3.8, 4) is 0 Å². The Morgan fingerprint density at radius 2 is 2.23 bits per heavy atom. The van der Waals surface area contributed by atoms with Crippen LogP contribution >= 0.6 is 11.8 Å². The summed E-state index contributed by atoms with van der Waals surface area (Å²) in [5.41, 5.74) is 2.79. The molecule has 2 rings (SSSR count). The lowest BCUT2D eigenvalue weighted by Gasteiger charge is -2.02. The van der Waals surface area contributed by atoms with Crippen molar-refractivity contribution in [1.82, 2.24) is 9.97 Å². The van der Waals surface area contributed by atoms with Crippen molar-refractivity contribution in [2.24, 2.45) is 0 Å². The molecule has 0 fully saturated rings. The molecule has 0 saturated heterocycles. The number of aromatic nitrogens is 2. The van der Waals surface area contributed by atoms with Gasteiger partial charge in [-0.15, -0.1) is 0 Å². The van der Waals surface area contributed by atoms with Crippen LogP contribution in [-0.2, 0) is 11.5 Å². The molecule has 1 aromatic heterocycles. The maximum Gasteiger partial charge on any atom is 0.373 e. The molecule has 1 N–H and O–H groups in total. The van der Waals surface area contributed by atoms with Gasteiger partial charge in [0.05, 0.1) is 5.69 Å². The van der Waals surface area contributed by atoms with E-state index >= 15 is 0 Å². The molecule has 5 heteroatoms. The molecule has 1 aromatic rings. The van der Waals surface area contributed by atoms with E-state index in [-0.39, 0.29) is 5.82 Å². The van der Waals surface area contributed by atoms with Gasteiger partial charge in [0.2, 0.25) is 5.82 Å². The lowest BCUT2D eigenvalue weighted by atomic mass is 10.2. The monoisotopic (exact) mass is 196 g/mol. The van der Waals surface area contributed by atoms with Crippen LogP contribution in [0.2, 0.25) is 0 Å². The van der Waals surface area contributed by atoms with Gasteiger partial charge in [0, 0.05) is 22.8 Å². The molecule has 0 saturated carbocycles. The van der Waals surface area contributed by atoms with Crippen molar-refractivity contribution in [3.05, 3.63) is 22.8 Å². The highest BCUT2D eigenvalue weighted by atomic mass is 32.2. The van der Waals surface area contributed by atoms with Gasteiger partial charge in [-0.3, -0.25) is 0 Å². The summed E-state index contributed by atoms with van der Waals surface area (Å²) in [6, 6.07) is 0. The highest BCUT2D eigenvalue weighted by Gasteiger charge is 2.19. The zero-order chi connectivity index (χ0) is 9.42. The largest absolute Gasteiger partial charge is 0.475 e. The van der Waals surface area contributed by atoms with E-state index in [0.717, 1.165) is 28.5 Å². The number of carbonyl (C=O) groups is 1. The van der Waals surface area contributed by atoms with Crippen LogP contribution in [-0.4, -0.2) is 21.0 Å². The number of rotatable bonds is 1. The molecule has 0 aromatic carbocycles. The lowest BCUT2D eigenvalue weighted by molar-refractivity contribution is 0.0683. The minimum atomic E-state index is -1.05. The molecule has 1 aliphatic rings. The third-order valence-corrected chi connectivity index (χ3v) is 2.95. The molecule has 0 aliphatic carbocycles. The fourth-order valence-electron chi connectivity index (χ4n) is 1.31. The van der Waals surface area contributed by atoms with Gasteiger partial charge in [-0.2, -0.15) is 11.8 Å².